The zero-order valence-corrected chi connectivity index (χ0v) is 13.2. The number of ether oxygens (including phenoxy) is 1. The van der Waals surface area contributed by atoms with E-state index < -0.39 is 0 Å². The number of nitrogens with two attached hydrogens (primary N) is 1. The van der Waals surface area contributed by atoms with Crippen LogP contribution in [0.4, 0.5) is 5.69 Å². The molecule has 6 heteroatoms. The van der Waals surface area contributed by atoms with E-state index in [9.17, 15) is 4.79 Å². The van der Waals surface area contributed by atoms with Gasteiger partial charge in [-0.25, -0.2) is 0 Å². The van der Waals surface area contributed by atoms with Crippen LogP contribution in [-0.2, 0) is 11.3 Å². The van der Waals surface area contributed by atoms with Gasteiger partial charge >= 0.3 is 0 Å². The van der Waals surface area contributed by atoms with E-state index in [0.29, 0.717) is 0 Å². The molecule has 1 heterocycles. The van der Waals surface area contributed by atoms with Crippen LogP contribution in [0.5, 0.6) is 5.75 Å². The van der Waals surface area contributed by atoms with E-state index in [4.69, 9.17) is 10.5 Å². The van der Waals surface area contributed by atoms with Crippen LogP contribution in [0.1, 0.15) is 12.0 Å². The van der Waals surface area contributed by atoms with Gasteiger partial charge in [-0.1, -0.05) is 12.1 Å². The van der Waals surface area contributed by atoms with E-state index >= 15 is 0 Å². The Morgan fingerprint density at radius 1 is 1.40 bits per heavy atom. The van der Waals surface area contributed by atoms with Crippen molar-refractivity contribution >= 4 is 38.9 Å². The Hall–Kier alpha value is -1.53. The first-order valence-electron chi connectivity index (χ1n) is 6.12. The highest BCUT2D eigenvalue weighted by Crippen LogP contribution is 2.26. The van der Waals surface area contributed by atoms with Gasteiger partial charge in [0, 0.05) is 6.54 Å². The summed E-state index contributed by atoms with van der Waals surface area (Å²) in [7, 11) is 0. The molecule has 2 aromatic rings. The number of carbonyl (C=O) groups is 1. The number of para-hydroxylation sites is 2. The Kier molecular flexibility index (Phi) is 5.43. The minimum absolute atomic E-state index is 0.214. The molecule has 0 unspecified atom stereocenters. The van der Waals surface area contributed by atoms with E-state index in [0.717, 1.165) is 21.8 Å². The molecule has 0 aliphatic carbocycles. The number of thiophene rings is 1. The SMILES string of the molecule is NC(=O)CCOc1ccccc1NCc1csc(Br)c1. The van der Waals surface area contributed by atoms with Crippen molar-refractivity contribution in [3.8, 4) is 5.75 Å². The molecule has 106 valence electrons. The molecule has 1 aromatic heterocycles. The lowest BCUT2D eigenvalue weighted by molar-refractivity contribution is -0.118. The molecular formula is C14H15BrN2O2S. The number of carbonyl (C=O) groups excluding carboxylic acids is 1. The Labute approximate surface area is 130 Å². The second-order valence-corrected chi connectivity index (χ2v) is 6.46. The lowest BCUT2D eigenvalue weighted by Gasteiger charge is -2.12. The molecule has 3 N–H and O–H groups in total. The molecule has 0 spiro atoms. The third-order valence-electron chi connectivity index (χ3n) is 2.60. The quantitative estimate of drug-likeness (QED) is 0.800. The Morgan fingerprint density at radius 3 is 2.90 bits per heavy atom. The molecule has 0 aliphatic rings. The minimum Gasteiger partial charge on any atom is -0.491 e. The van der Waals surface area contributed by atoms with Crippen molar-refractivity contribution in [1.29, 1.82) is 0 Å². The van der Waals surface area contributed by atoms with E-state index in [1.807, 2.05) is 24.3 Å². The van der Waals surface area contributed by atoms with Crippen LogP contribution in [0.2, 0.25) is 0 Å². The minimum atomic E-state index is -0.362. The molecule has 20 heavy (non-hydrogen) atoms. The maximum absolute atomic E-state index is 10.7. The molecule has 0 saturated carbocycles. The predicted octanol–water partition coefficient (Wildman–Crippen LogP) is 3.38. The van der Waals surface area contributed by atoms with Crippen LogP contribution in [-0.4, -0.2) is 12.5 Å². The molecule has 0 atom stereocenters. The summed E-state index contributed by atoms with van der Waals surface area (Å²) in [5.74, 6) is 0.363. The number of amides is 1. The summed E-state index contributed by atoms with van der Waals surface area (Å²) in [6.07, 6.45) is 0.214. The zero-order chi connectivity index (χ0) is 14.4. The van der Waals surface area contributed by atoms with Gasteiger partial charge in [0.15, 0.2) is 0 Å². The maximum Gasteiger partial charge on any atom is 0.220 e. The van der Waals surface area contributed by atoms with Gasteiger partial charge in [0.05, 0.1) is 22.5 Å². The fourth-order valence-electron chi connectivity index (χ4n) is 1.64. The lowest BCUT2D eigenvalue weighted by Crippen LogP contribution is -2.15. The first-order chi connectivity index (χ1) is 9.65. The number of benzene rings is 1. The molecular weight excluding hydrogens is 340 g/mol. The highest BCUT2D eigenvalue weighted by molar-refractivity contribution is 9.11. The Bertz CT molecular complexity index is 586. The molecule has 0 aliphatic heterocycles. The zero-order valence-electron chi connectivity index (χ0n) is 10.8. The summed E-state index contributed by atoms with van der Waals surface area (Å²) in [6, 6.07) is 9.72. The number of nitrogens with one attached hydrogen (secondary N) is 1. The van der Waals surface area contributed by atoms with Gasteiger partial charge in [-0.2, -0.15) is 0 Å². The van der Waals surface area contributed by atoms with Crippen molar-refractivity contribution in [3.05, 3.63) is 45.1 Å². The summed E-state index contributed by atoms with van der Waals surface area (Å²) in [4.78, 5) is 10.7. The van der Waals surface area contributed by atoms with Crippen molar-refractivity contribution in [2.45, 2.75) is 13.0 Å². The van der Waals surface area contributed by atoms with Crippen molar-refractivity contribution in [2.24, 2.45) is 5.73 Å². The molecule has 4 nitrogen and oxygen atoms in total. The van der Waals surface area contributed by atoms with Gasteiger partial charge in [-0.3, -0.25) is 4.79 Å². The molecule has 0 bridgehead atoms. The van der Waals surface area contributed by atoms with Crippen molar-refractivity contribution in [3.63, 3.8) is 0 Å². The van der Waals surface area contributed by atoms with Crippen molar-refractivity contribution < 1.29 is 9.53 Å². The largest absolute Gasteiger partial charge is 0.491 e. The standard InChI is InChI=1S/C14H15BrN2O2S/c15-13-7-10(9-20-13)8-17-11-3-1-2-4-12(11)19-6-5-14(16)18/h1-4,7,9,17H,5-6,8H2,(H2,16,18). The third kappa shape index (κ3) is 4.54. The van der Waals surface area contributed by atoms with Gasteiger partial charge < -0.3 is 15.8 Å². The van der Waals surface area contributed by atoms with Gasteiger partial charge in [0.25, 0.3) is 0 Å². The summed E-state index contributed by atoms with van der Waals surface area (Å²) in [5.41, 5.74) is 7.20. The summed E-state index contributed by atoms with van der Waals surface area (Å²) >= 11 is 5.10. The van der Waals surface area contributed by atoms with Crippen molar-refractivity contribution in [2.75, 3.05) is 11.9 Å². The van der Waals surface area contributed by atoms with Gasteiger partial charge in [-0.15, -0.1) is 11.3 Å². The molecule has 0 saturated heterocycles. The normalized spacial score (nSPS) is 10.2. The average Bonchev–Trinajstić information content (AvgIpc) is 2.83. The molecule has 2 rings (SSSR count). The van der Waals surface area contributed by atoms with E-state index in [-0.39, 0.29) is 18.9 Å². The fraction of sp³-hybridized carbons (Fsp3) is 0.214. The van der Waals surface area contributed by atoms with Crippen molar-refractivity contribution in [1.82, 2.24) is 0 Å². The van der Waals surface area contributed by atoms with Gasteiger partial charge in [0.2, 0.25) is 5.91 Å². The number of hydrogen-bond donors (Lipinski definition) is 2. The summed E-state index contributed by atoms with van der Waals surface area (Å²) in [5, 5.41) is 5.42. The van der Waals surface area contributed by atoms with E-state index in [1.165, 1.54) is 5.56 Å². The van der Waals surface area contributed by atoms with E-state index in [2.05, 4.69) is 32.7 Å². The van der Waals surface area contributed by atoms with Gasteiger partial charge in [0.1, 0.15) is 5.75 Å². The van der Waals surface area contributed by atoms with Crippen LogP contribution in [0, 0.1) is 0 Å². The predicted molar refractivity (Wildman–Crippen MR) is 85.1 cm³/mol. The van der Waals surface area contributed by atoms with Crippen LogP contribution < -0.4 is 15.8 Å². The highest BCUT2D eigenvalue weighted by Gasteiger charge is 2.04. The average molecular weight is 355 g/mol. The van der Waals surface area contributed by atoms with Gasteiger partial charge in [-0.05, 0) is 45.1 Å². The first-order valence-corrected chi connectivity index (χ1v) is 7.79. The number of anilines is 1. The second kappa shape index (κ2) is 7.31. The van der Waals surface area contributed by atoms with Crippen LogP contribution in [0.25, 0.3) is 0 Å². The fourth-order valence-corrected chi connectivity index (χ4v) is 2.85. The lowest BCUT2D eigenvalue weighted by atomic mass is 10.2. The number of rotatable bonds is 7. The Balaban J connectivity index is 1.94. The Morgan fingerprint density at radius 2 is 2.20 bits per heavy atom. The second-order valence-electron chi connectivity index (χ2n) is 4.17. The maximum atomic E-state index is 10.7. The first kappa shape index (κ1) is 14.9. The van der Waals surface area contributed by atoms with Crippen LogP contribution in [0.15, 0.2) is 39.5 Å². The molecule has 0 radical (unpaired) electrons. The van der Waals surface area contributed by atoms with Crippen LogP contribution in [0.3, 0.4) is 0 Å². The number of halogens is 1. The van der Waals surface area contributed by atoms with Crippen LogP contribution >= 0.6 is 27.3 Å². The molecule has 1 amide bonds. The van der Waals surface area contributed by atoms with E-state index in [1.54, 1.807) is 11.3 Å². The third-order valence-corrected chi connectivity index (χ3v) is 4.15. The molecule has 1 aromatic carbocycles. The molecule has 0 fully saturated rings. The topological polar surface area (TPSA) is 64.4 Å². The number of primary amides is 1. The summed E-state index contributed by atoms with van der Waals surface area (Å²) < 4.78 is 6.68. The summed E-state index contributed by atoms with van der Waals surface area (Å²) in [6.45, 7) is 1.01. The number of hydrogen-bond acceptors (Lipinski definition) is 4. The highest BCUT2D eigenvalue weighted by atomic mass is 79.9. The monoisotopic (exact) mass is 354 g/mol. The smallest absolute Gasteiger partial charge is 0.220 e.